The molecule has 1 N–H and O–H groups in total. The predicted octanol–water partition coefficient (Wildman–Crippen LogP) is 4.66. The van der Waals surface area contributed by atoms with Gasteiger partial charge < -0.3 is 5.32 Å². The Morgan fingerprint density at radius 2 is 1.70 bits per heavy atom. The van der Waals surface area contributed by atoms with Gasteiger partial charge in [0.05, 0.1) is 5.56 Å². The molecular weight excluding hydrogens is 263 g/mol. The SMILES string of the molecule is CCCNC(Cc1ccc(C(F)(F)F)cc1)CC(C)C. The van der Waals surface area contributed by atoms with E-state index in [9.17, 15) is 13.2 Å². The second kappa shape index (κ2) is 7.67. The summed E-state index contributed by atoms with van der Waals surface area (Å²) >= 11 is 0. The van der Waals surface area contributed by atoms with Crippen molar-refractivity contribution in [2.75, 3.05) is 6.54 Å². The van der Waals surface area contributed by atoms with Crippen molar-refractivity contribution in [2.24, 2.45) is 5.92 Å². The van der Waals surface area contributed by atoms with E-state index in [1.54, 1.807) is 12.1 Å². The molecule has 0 aliphatic heterocycles. The highest BCUT2D eigenvalue weighted by molar-refractivity contribution is 5.25. The van der Waals surface area contributed by atoms with Gasteiger partial charge in [-0.25, -0.2) is 0 Å². The number of rotatable bonds is 7. The molecule has 0 aromatic heterocycles. The Balaban J connectivity index is 2.68. The summed E-state index contributed by atoms with van der Waals surface area (Å²) in [5.41, 5.74) is 0.371. The molecule has 1 unspecified atom stereocenters. The van der Waals surface area contributed by atoms with E-state index >= 15 is 0 Å². The monoisotopic (exact) mass is 287 g/mol. The van der Waals surface area contributed by atoms with Crippen LogP contribution in [0.4, 0.5) is 13.2 Å². The molecule has 0 bridgehead atoms. The van der Waals surface area contributed by atoms with Gasteiger partial charge in [0.25, 0.3) is 0 Å². The summed E-state index contributed by atoms with van der Waals surface area (Å²) < 4.78 is 37.5. The summed E-state index contributed by atoms with van der Waals surface area (Å²) in [5.74, 6) is 0.568. The highest BCUT2D eigenvalue weighted by Crippen LogP contribution is 2.29. The van der Waals surface area contributed by atoms with Crippen LogP contribution in [0.5, 0.6) is 0 Å². The average Bonchev–Trinajstić information content (AvgIpc) is 2.35. The molecule has 0 saturated heterocycles. The summed E-state index contributed by atoms with van der Waals surface area (Å²) in [5, 5.41) is 3.47. The van der Waals surface area contributed by atoms with Crippen LogP contribution in [0.25, 0.3) is 0 Å². The fraction of sp³-hybridized carbons (Fsp3) is 0.625. The maximum absolute atomic E-state index is 12.5. The van der Waals surface area contributed by atoms with Gasteiger partial charge in [0.15, 0.2) is 0 Å². The van der Waals surface area contributed by atoms with Crippen LogP contribution in [0.1, 0.15) is 44.7 Å². The van der Waals surface area contributed by atoms with Crippen LogP contribution in [0.2, 0.25) is 0 Å². The Bertz CT molecular complexity index is 382. The van der Waals surface area contributed by atoms with Gasteiger partial charge in [-0.3, -0.25) is 0 Å². The first-order valence-corrected chi connectivity index (χ1v) is 7.22. The molecule has 0 fully saturated rings. The number of hydrogen-bond donors (Lipinski definition) is 1. The van der Waals surface area contributed by atoms with Crippen LogP contribution in [0.15, 0.2) is 24.3 Å². The van der Waals surface area contributed by atoms with Gasteiger partial charge in [0.2, 0.25) is 0 Å². The summed E-state index contributed by atoms with van der Waals surface area (Å²) in [6.07, 6.45) is -1.39. The molecule has 1 aromatic rings. The molecule has 0 aliphatic rings. The van der Waals surface area contributed by atoms with Gasteiger partial charge in [0, 0.05) is 6.04 Å². The van der Waals surface area contributed by atoms with Crippen LogP contribution in [-0.2, 0) is 12.6 Å². The van der Waals surface area contributed by atoms with Crippen LogP contribution in [-0.4, -0.2) is 12.6 Å². The van der Waals surface area contributed by atoms with Crippen molar-refractivity contribution < 1.29 is 13.2 Å². The van der Waals surface area contributed by atoms with Gasteiger partial charge in [0.1, 0.15) is 0 Å². The molecule has 20 heavy (non-hydrogen) atoms. The van der Waals surface area contributed by atoms with E-state index in [1.807, 2.05) is 0 Å². The van der Waals surface area contributed by atoms with Gasteiger partial charge in [-0.2, -0.15) is 13.2 Å². The largest absolute Gasteiger partial charge is 0.416 e. The number of halogens is 3. The van der Waals surface area contributed by atoms with E-state index in [1.165, 1.54) is 12.1 Å². The van der Waals surface area contributed by atoms with Gasteiger partial charge in [-0.05, 0) is 49.4 Å². The zero-order valence-corrected chi connectivity index (χ0v) is 12.4. The quantitative estimate of drug-likeness (QED) is 0.769. The van der Waals surface area contributed by atoms with Gasteiger partial charge in [-0.1, -0.05) is 32.9 Å². The lowest BCUT2D eigenvalue weighted by molar-refractivity contribution is -0.137. The first-order chi connectivity index (χ1) is 9.32. The number of hydrogen-bond acceptors (Lipinski definition) is 1. The fourth-order valence-corrected chi connectivity index (χ4v) is 2.27. The van der Waals surface area contributed by atoms with E-state index in [0.717, 1.165) is 31.4 Å². The molecule has 1 nitrogen and oxygen atoms in total. The zero-order valence-electron chi connectivity index (χ0n) is 12.4. The molecule has 0 saturated carbocycles. The van der Waals surface area contributed by atoms with E-state index in [4.69, 9.17) is 0 Å². The van der Waals surface area contributed by atoms with E-state index in [0.29, 0.717) is 12.0 Å². The Kier molecular flexibility index (Phi) is 6.53. The molecule has 0 spiro atoms. The lowest BCUT2D eigenvalue weighted by Gasteiger charge is -2.21. The van der Waals surface area contributed by atoms with Crippen molar-refractivity contribution in [3.05, 3.63) is 35.4 Å². The molecule has 1 atom stereocenters. The minimum atomic E-state index is -4.25. The number of nitrogens with one attached hydrogen (secondary N) is 1. The molecule has 0 heterocycles. The fourth-order valence-electron chi connectivity index (χ4n) is 2.27. The lowest BCUT2D eigenvalue weighted by Crippen LogP contribution is -2.33. The number of benzene rings is 1. The third kappa shape index (κ3) is 5.95. The molecule has 1 rings (SSSR count). The molecule has 4 heteroatoms. The normalized spacial score (nSPS) is 13.8. The van der Waals surface area contributed by atoms with E-state index in [2.05, 4.69) is 26.1 Å². The van der Waals surface area contributed by atoms with Crippen LogP contribution in [0.3, 0.4) is 0 Å². The highest BCUT2D eigenvalue weighted by Gasteiger charge is 2.29. The van der Waals surface area contributed by atoms with Crippen LogP contribution in [0, 0.1) is 5.92 Å². The first-order valence-electron chi connectivity index (χ1n) is 7.22. The molecule has 0 aliphatic carbocycles. The first kappa shape index (κ1) is 17.0. The Morgan fingerprint density at radius 3 is 2.15 bits per heavy atom. The van der Waals surface area contributed by atoms with E-state index < -0.39 is 11.7 Å². The van der Waals surface area contributed by atoms with Crippen molar-refractivity contribution >= 4 is 0 Å². The van der Waals surface area contributed by atoms with Crippen molar-refractivity contribution in [1.29, 1.82) is 0 Å². The minimum absolute atomic E-state index is 0.326. The summed E-state index contributed by atoms with van der Waals surface area (Å²) in [6.45, 7) is 7.37. The third-order valence-corrected chi connectivity index (χ3v) is 3.20. The van der Waals surface area contributed by atoms with Crippen molar-refractivity contribution in [3.63, 3.8) is 0 Å². The molecule has 1 aromatic carbocycles. The van der Waals surface area contributed by atoms with Crippen LogP contribution >= 0.6 is 0 Å². The third-order valence-electron chi connectivity index (χ3n) is 3.20. The Hall–Kier alpha value is -1.03. The molecular formula is C16H24F3N. The molecule has 114 valence electrons. The maximum Gasteiger partial charge on any atom is 0.416 e. The Morgan fingerprint density at radius 1 is 1.10 bits per heavy atom. The smallest absolute Gasteiger partial charge is 0.314 e. The molecule has 0 amide bonds. The standard InChI is InChI=1S/C16H24F3N/c1-4-9-20-15(10-12(2)3)11-13-5-7-14(8-6-13)16(17,18)19/h5-8,12,15,20H,4,9-11H2,1-3H3. The average molecular weight is 287 g/mol. The van der Waals surface area contributed by atoms with Gasteiger partial charge >= 0.3 is 6.18 Å². The second-order valence-electron chi connectivity index (χ2n) is 5.68. The van der Waals surface area contributed by atoms with Crippen LogP contribution < -0.4 is 5.32 Å². The van der Waals surface area contributed by atoms with Crippen molar-refractivity contribution in [2.45, 2.75) is 52.3 Å². The Labute approximate surface area is 119 Å². The minimum Gasteiger partial charge on any atom is -0.314 e. The lowest BCUT2D eigenvalue weighted by atomic mass is 9.96. The highest BCUT2D eigenvalue weighted by atomic mass is 19.4. The summed E-state index contributed by atoms with van der Waals surface area (Å²) in [6, 6.07) is 5.84. The summed E-state index contributed by atoms with van der Waals surface area (Å²) in [7, 11) is 0. The molecule has 0 radical (unpaired) electrons. The zero-order chi connectivity index (χ0) is 15.2. The predicted molar refractivity (Wildman–Crippen MR) is 76.7 cm³/mol. The maximum atomic E-state index is 12.5. The van der Waals surface area contributed by atoms with Gasteiger partial charge in [-0.15, -0.1) is 0 Å². The summed E-state index contributed by atoms with van der Waals surface area (Å²) in [4.78, 5) is 0. The van der Waals surface area contributed by atoms with E-state index in [-0.39, 0.29) is 0 Å². The number of alkyl halides is 3. The second-order valence-corrected chi connectivity index (χ2v) is 5.68. The van der Waals surface area contributed by atoms with Crippen molar-refractivity contribution in [3.8, 4) is 0 Å². The topological polar surface area (TPSA) is 12.0 Å². The van der Waals surface area contributed by atoms with Crippen molar-refractivity contribution in [1.82, 2.24) is 5.32 Å².